The van der Waals surface area contributed by atoms with Crippen molar-refractivity contribution in [2.24, 2.45) is 0 Å². The zero-order chi connectivity index (χ0) is 20.9. The molecule has 0 aliphatic carbocycles. The van der Waals surface area contributed by atoms with Crippen molar-refractivity contribution >= 4 is 23.5 Å². The lowest BCUT2D eigenvalue weighted by Gasteiger charge is -2.17. The second-order valence-corrected chi connectivity index (χ2v) is 6.20. The number of amides is 1. The van der Waals surface area contributed by atoms with Gasteiger partial charge in [0.05, 0.1) is 24.8 Å². The molecule has 2 aromatic rings. The molecule has 0 bridgehead atoms. The van der Waals surface area contributed by atoms with Gasteiger partial charge in [-0.05, 0) is 42.0 Å². The van der Waals surface area contributed by atoms with Crippen molar-refractivity contribution in [3.05, 3.63) is 64.2 Å². The summed E-state index contributed by atoms with van der Waals surface area (Å²) in [7, 11) is 2.63. The highest BCUT2D eigenvalue weighted by atomic mass is 35.5. The van der Waals surface area contributed by atoms with E-state index in [0.29, 0.717) is 16.3 Å². The molecule has 150 valence electrons. The number of rotatable bonds is 6. The number of alkyl halides is 3. The molecule has 28 heavy (non-hydrogen) atoms. The van der Waals surface area contributed by atoms with Gasteiger partial charge in [-0.25, -0.2) is 4.79 Å². The molecule has 0 fully saturated rings. The molecular weight excluding hydrogens is 399 g/mol. The molecule has 0 aromatic heterocycles. The van der Waals surface area contributed by atoms with Crippen molar-refractivity contribution in [2.45, 2.75) is 18.6 Å². The minimum Gasteiger partial charge on any atom is -0.495 e. The maximum Gasteiger partial charge on any atom is 0.416 e. The Morgan fingerprint density at radius 1 is 1.11 bits per heavy atom. The van der Waals surface area contributed by atoms with Gasteiger partial charge in [0.2, 0.25) is 0 Å². The van der Waals surface area contributed by atoms with E-state index in [1.165, 1.54) is 14.2 Å². The van der Waals surface area contributed by atoms with Crippen LogP contribution in [0, 0.1) is 0 Å². The molecule has 0 heterocycles. The predicted octanol–water partition coefficient (Wildman–Crippen LogP) is 3.88. The van der Waals surface area contributed by atoms with Gasteiger partial charge in [-0.15, -0.1) is 0 Å². The zero-order valence-corrected chi connectivity index (χ0v) is 15.7. The van der Waals surface area contributed by atoms with E-state index in [2.05, 4.69) is 5.32 Å². The Balaban J connectivity index is 2.16. The van der Waals surface area contributed by atoms with Crippen LogP contribution in [-0.2, 0) is 22.1 Å². The first kappa shape index (κ1) is 21.6. The summed E-state index contributed by atoms with van der Waals surface area (Å²) in [6.45, 7) is 0. The van der Waals surface area contributed by atoms with Crippen molar-refractivity contribution in [1.29, 1.82) is 0 Å². The third-order valence-corrected chi connectivity index (χ3v) is 4.22. The van der Waals surface area contributed by atoms with Crippen LogP contribution in [0.15, 0.2) is 42.5 Å². The van der Waals surface area contributed by atoms with E-state index < -0.39 is 29.7 Å². The van der Waals surface area contributed by atoms with Gasteiger partial charge < -0.3 is 14.8 Å². The van der Waals surface area contributed by atoms with Crippen LogP contribution in [0.3, 0.4) is 0 Å². The standard InChI is InChI=1S/C19H17ClF3NO4/c1-27-16-8-3-11(9-14(16)20)10-15(18(26)28-2)24-17(25)12-4-6-13(7-5-12)19(21,22)23/h3-9,15H,10H2,1-2H3,(H,24,25)/t15-/m1/s1. The van der Waals surface area contributed by atoms with Crippen molar-refractivity contribution in [2.75, 3.05) is 14.2 Å². The summed E-state index contributed by atoms with van der Waals surface area (Å²) in [5.74, 6) is -0.954. The summed E-state index contributed by atoms with van der Waals surface area (Å²) < 4.78 is 47.6. The summed E-state index contributed by atoms with van der Waals surface area (Å²) in [5, 5.41) is 2.80. The van der Waals surface area contributed by atoms with E-state index in [1.54, 1.807) is 18.2 Å². The molecule has 1 atom stereocenters. The van der Waals surface area contributed by atoms with Crippen LogP contribution >= 0.6 is 11.6 Å². The van der Waals surface area contributed by atoms with Crippen molar-refractivity contribution in [3.63, 3.8) is 0 Å². The SMILES string of the molecule is COC(=O)[C@@H](Cc1ccc(OC)c(Cl)c1)NC(=O)c1ccc(C(F)(F)F)cc1. The summed E-state index contributed by atoms with van der Waals surface area (Å²) in [4.78, 5) is 24.4. The molecule has 1 amide bonds. The van der Waals surface area contributed by atoms with Crippen molar-refractivity contribution in [3.8, 4) is 5.75 Å². The highest BCUT2D eigenvalue weighted by Crippen LogP contribution is 2.29. The predicted molar refractivity (Wildman–Crippen MR) is 96.4 cm³/mol. The Kier molecular flexibility index (Phi) is 6.90. The molecule has 2 rings (SSSR count). The van der Waals surface area contributed by atoms with E-state index in [-0.39, 0.29) is 12.0 Å². The van der Waals surface area contributed by atoms with Gasteiger partial charge in [0.25, 0.3) is 5.91 Å². The van der Waals surface area contributed by atoms with E-state index in [0.717, 1.165) is 24.3 Å². The molecule has 9 heteroatoms. The molecule has 1 N–H and O–H groups in total. The number of hydrogen-bond acceptors (Lipinski definition) is 4. The number of methoxy groups -OCH3 is 2. The second kappa shape index (κ2) is 8.97. The lowest BCUT2D eigenvalue weighted by Crippen LogP contribution is -2.43. The summed E-state index contributed by atoms with van der Waals surface area (Å²) in [6.07, 6.45) is -4.43. The number of esters is 1. The lowest BCUT2D eigenvalue weighted by molar-refractivity contribution is -0.142. The minimum atomic E-state index is -4.50. The quantitative estimate of drug-likeness (QED) is 0.727. The molecule has 0 aliphatic rings. The van der Waals surface area contributed by atoms with Gasteiger partial charge in [0.15, 0.2) is 0 Å². The Bertz CT molecular complexity index is 853. The highest BCUT2D eigenvalue weighted by Gasteiger charge is 2.30. The Hall–Kier alpha value is -2.74. The Morgan fingerprint density at radius 2 is 1.75 bits per heavy atom. The topological polar surface area (TPSA) is 64.6 Å². The normalized spacial score (nSPS) is 12.2. The Labute approximate surface area is 164 Å². The van der Waals surface area contributed by atoms with Crippen molar-refractivity contribution < 1.29 is 32.2 Å². The van der Waals surface area contributed by atoms with Gasteiger partial charge in [0, 0.05) is 12.0 Å². The maximum atomic E-state index is 12.6. The average molecular weight is 416 g/mol. The number of ether oxygens (including phenoxy) is 2. The molecule has 2 aromatic carbocycles. The number of nitrogens with one attached hydrogen (secondary N) is 1. The van der Waals surface area contributed by atoms with Crippen LogP contribution < -0.4 is 10.1 Å². The van der Waals surface area contributed by atoms with Crippen LogP contribution in [-0.4, -0.2) is 32.1 Å². The van der Waals surface area contributed by atoms with Crippen LogP contribution in [0.1, 0.15) is 21.5 Å². The van der Waals surface area contributed by atoms with Crippen LogP contribution in [0.4, 0.5) is 13.2 Å². The maximum absolute atomic E-state index is 12.6. The van der Waals surface area contributed by atoms with Crippen LogP contribution in [0.25, 0.3) is 0 Å². The number of carbonyl (C=O) groups is 2. The summed E-state index contributed by atoms with van der Waals surface area (Å²) >= 11 is 6.06. The molecule has 0 spiro atoms. The highest BCUT2D eigenvalue weighted by molar-refractivity contribution is 6.32. The molecule has 0 aliphatic heterocycles. The van der Waals surface area contributed by atoms with E-state index in [1.807, 2.05) is 0 Å². The molecule has 5 nitrogen and oxygen atoms in total. The monoisotopic (exact) mass is 415 g/mol. The van der Waals surface area contributed by atoms with Crippen LogP contribution in [0.2, 0.25) is 5.02 Å². The van der Waals surface area contributed by atoms with E-state index >= 15 is 0 Å². The fourth-order valence-corrected chi connectivity index (χ4v) is 2.74. The number of carbonyl (C=O) groups excluding carboxylic acids is 2. The second-order valence-electron chi connectivity index (χ2n) is 5.80. The van der Waals surface area contributed by atoms with E-state index in [9.17, 15) is 22.8 Å². The molecule has 0 unspecified atom stereocenters. The lowest BCUT2D eigenvalue weighted by atomic mass is 10.0. The van der Waals surface area contributed by atoms with Gasteiger partial charge in [-0.3, -0.25) is 4.79 Å². The summed E-state index contributed by atoms with van der Waals surface area (Å²) in [5.41, 5.74) is -0.259. The fourth-order valence-electron chi connectivity index (χ4n) is 2.46. The van der Waals surface area contributed by atoms with Gasteiger partial charge in [-0.1, -0.05) is 17.7 Å². The van der Waals surface area contributed by atoms with Gasteiger partial charge >= 0.3 is 12.1 Å². The number of benzene rings is 2. The fraction of sp³-hybridized carbons (Fsp3) is 0.263. The van der Waals surface area contributed by atoms with Gasteiger partial charge in [0.1, 0.15) is 11.8 Å². The summed E-state index contributed by atoms with van der Waals surface area (Å²) in [6, 6.07) is 7.49. The average Bonchev–Trinajstić information content (AvgIpc) is 2.66. The first-order valence-electron chi connectivity index (χ1n) is 8.04. The largest absolute Gasteiger partial charge is 0.495 e. The zero-order valence-electron chi connectivity index (χ0n) is 15.0. The molecule has 0 radical (unpaired) electrons. The smallest absolute Gasteiger partial charge is 0.416 e. The third kappa shape index (κ3) is 5.39. The Morgan fingerprint density at radius 3 is 2.25 bits per heavy atom. The molecular formula is C19H17ClF3NO4. The first-order valence-corrected chi connectivity index (χ1v) is 8.42. The first-order chi connectivity index (χ1) is 13.2. The van der Waals surface area contributed by atoms with Crippen molar-refractivity contribution in [1.82, 2.24) is 5.32 Å². The molecule has 0 saturated heterocycles. The molecule has 0 saturated carbocycles. The van der Waals surface area contributed by atoms with E-state index in [4.69, 9.17) is 21.1 Å². The number of halogens is 4. The van der Waals surface area contributed by atoms with Crippen LogP contribution in [0.5, 0.6) is 5.75 Å². The minimum absolute atomic E-state index is 0.0188. The number of hydrogen-bond donors (Lipinski definition) is 1. The third-order valence-electron chi connectivity index (χ3n) is 3.92. The van der Waals surface area contributed by atoms with Gasteiger partial charge in [-0.2, -0.15) is 13.2 Å².